The number of halogens is 2. The van der Waals surface area contributed by atoms with Crippen molar-refractivity contribution in [2.75, 3.05) is 13.6 Å². The molecule has 1 aliphatic heterocycles. The van der Waals surface area contributed by atoms with Crippen LogP contribution in [0.15, 0.2) is 36.1 Å². The smallest absolute Gasteiger partial charge is 0.231 e. The molecule has 0 bridgehead atoms. The van der Waals surface area contributed by atoms with E-state index in [1.54, 1.807) is 0 Å². The van der Waals surface area contributed by atoms with E-state index in [1.807, 2.05) is 7.05 Å². The number of carbonyl (C=O) groups is 1. The van der Waals surface area contributed by atoms with Gasteiger partial charge in [0.2, 0.25) is 5.78 Å². The Morgan fingerprint density at radius 1 is 1.30 bits per heavy atom. The Labute approximate surface area is 162 Å². The molecule has 0 radical (unpaired) electrons. The second-order valence-corrected chi connectivity index (χ2v) is 7.14. The molecular formula is C21H21ClFNO3. The van der Waals surface area contributed by atoms with Crippen LogP contribution in [0.3, 0.4) is 0 Å². The van der Waals surface area contributed by atoms with Gasteiger partial charge in [-0.05, 0) is 30.7 Å². The average molecular weight is 390 g/mol. The minimum atomic E-state index is -0.546. The van der Waals surface area contributed by atoms with Gasteiger partial charge < -0.3 is 14.7 Å². The van der Waals surface area contributed by atoms with E-state index in [2.05, 4.69) is 6.92 Å². The van der Waals surface area contributed by atoms with E-state index < -0.39 is 5.82 Å². The van der Waals surface area contributed by atoms with Crippen LogP contribution in [0.4, 0.5) is 4.39 Å². The number of ketones is 1. The Bertz CT molecular complexity index is 890. The minimum Gasteiger partial charge on any atom is -0.872 e. The SMILES string of the molecule is CCCC[NH+](C)Cc1c([O-])ccc2c1O/C(=C\c1c(F)cccc1Cl)C2=O. The molecule has 142 valence electrons. The summed E-state index contributed by atoms with van der Waals surface area (Å²) in [4.78, 5) is 13.8. The van der Waals surface area contributed by atoms with Gasteiger partial charge in [0.05, 0.1) is 24.2 Å². The Morgan fingerprint density at radius 2 is 2.07 bits per heavy atom. The maximum Gasteiger partial charge on any atom is 0.231 e. The van der Waals surface area contributed by atoms with Crippen LogP contribution in [0.2, 0.25) is 5.02 Å². The summed E-state index contributed by atoms with van der Waals surface area (Å²) in [5.41, 5.74) is 0.883. The lowest BCUT2D eigenvalue weighted by Crippen LogP contribution is -3.07. The molecule has 0 aromatic heterocycles. The van der Waals surface area contributed by atoms with Gasteiger partial charge in [-0.15, -0.1) is 0 Å². The summed E-state index contributed by atoms with van der Waals surface area (Å²) in [6.07, 6.45) is 3.41. The highest BCUT2D eigenvalue weighted by Crippen LogP contribution is 2.38. The van der Waals surface area contributed by atoms with Gasteiger partial charge in [-0.3, -0.25) is 4.79 Å². The molecule has 0 fully saturated rings. The fourth-order valence-corrected chi connectivity index (χ4v) is 3.32. The number of benzene rings is 2. The number of rotatable bonds is 6. The second-order valence-electron chi connectivity index (χ2n) is 6.73. The Balaban J connectivity index is 1.95. The predicted molar refractivity (Wildman–Crippen MR) is 101 cm³/mol. The van der Waals surface area contributed by atoms with Crippen LogP contribution < -0.4 is 14.7 Å². The van der Waals surface area contributed by atoms with Crippen LogP contribution in [0.1, 0.15) is 41.3 Å². The molecule has 1 N–H and O–H groups in total. The second kappa shape index (κ2) is 8.11. The molecule has 0 spiro atoms. The molecule has 1 aliphatic rings. The third kappa shape index (κ3) is 3.99. The normalized spacial score (nSPS) is 15.7. The molecule has 1 atom stereocenters. The highest BCUT2D eigenvalue weighted by Gasteiger charge is 2.31. The Hall–Kier alpha value is -2.37. The largest absolute Gasteiger partial charge is 0.872 e. The van der Waals surface area contributed by atoms with Gasteiger partial charge in [-0.2, -0.15) is 0 Å². The summed E-state index contributed by atoms with van der Waals surface area (Å²) in [5.74, 6) is -0.840. The predicted octanol–water partition coefficient (Wildman–Crippen LogP) is 2.98. The first-order chi connectivity index (χ1) is 12.9. The van der Waals surface area contributed by atoms with E-state index >= 15 is 0 Å². The van der Waals surface area contributed by atoms with E-state index in [0.29, 0.717) is 17.7 Å². The van der Waals surface area contributed by atoms with E-state index in [-0.39, 0.29) is 33.6 Å². The van der Waals surface area contributed by atoms with Crippen molar-refractivity contribution in [1.29, 1.82) is 0 Å². The number of nitrogens with one attached hydrogen (secondary N) is 1. The quantitative estimate of drug-likeness (QED) is 0.773. The lowest BCUT2D eigenvalue weighted by molar-refractivity contribution is -0.894. The molecular weight excluding hydrogens is 369 g/mol. The number of hydrogen-bond acceptors (Lipinski definition) is 3. The summed E-state index contributed by atoms with van der Waals surface area (Å²) in [7, 11) is 2.00. The summed E-state index contributed by atoms with van der Waals surface area (Å²) in [6.45, 7) is 3.49. The summed E-state index contributed by atoms with van der Waals surface area (Å²) < 4.78 is 19.8. The summed E-state index contributed by atoms with van der Waals surface area (Å²) in [5, 5.41) is 12.5. The molecule has 1 unspecified atom stereocenters. The Kier molecular flexibility index (Phi) is 5.82. The number of ether oxygens (including phenoxy) is 1. The number of fused-ring (bicyclic) bond motifs is 1. The van der Waals surface area contributed by atoms with Crippen molar-refractivity contribution in [2.45, 2.75) is 26.3 Å². The maximum atomic E-state index is 14.0. The monoisotopic (exact) mass is 389 g/mol. The molecule has 3 rings (SSSR count). The van der Waals surface area contributed by atoms with E-state index in [1.165, 1.54) is 36.4 Å². The van der Waals surface area contributed by atoms with Gasteiger partial charge in [-0.25, -0.2) is 4.39 Å². The molecule has 4 nitrogen and oxygen atoms in total. The molecule has 2 aromatic carbocycles. The molecule has 0 aliphatic carbocycles. The zero-order valence-electron chi connectivity index (χ0n) is 15.3. The van der Waals surface area contributed by atoms with Gasteiger partial charge >= 0.3 is 0 Å². The lowest BCUT2D eigenvalue weighted by Gasteiger charge is -2.20. The third-order valence-corrected chi connectivity index (χ3v) is 4.94. The van der Waals surface area contributed by atoms with Crippen molar-refractivity contribution in [3.8, 4) is 11.5 Å². The fourth-order valence-electron chi connectivity index (χ4n) is 3.10. The number of allylic oxidation sites excluding steroid dienone is 1. The van der Waals surface area contributed by atoms with Gasteiger partial charge in [0.1, 0.15) is 18.1 Å². The zero-order chi connectivity index (χ0) is 19.6. The van der Waals surface area contributed by atoms with Crippen LogP contribution in [0.5, 0.6) is 11.5 Å². The Morgan fingerprint density at radius 3 is 2.78 bits per heavy atom. The van der Waals surface area contributed by atoms with E-state index in [9.17, 15) is 14.3 Å². The maximum absolute atomic E-state index is 14.0. The van der Waals surface area contributed by atoms with Crippen LogP contribution in [0, 0.1) is 5.82 Å². The zero-order valence-corrected chi connectivity index (χ0v) is 16.0. The van der Waals surface area contributed by atoms with Crippen LogP contribution in [0.25, 0.3) is 6.08 Å². The van der Waals surface area contributed by atoms with Gasteiger partial charge in [0, 0.05) is 11.1 Å². The number of carbonyl (C=O) groups excluding carboxylic acids is 1. The third-order valence-electron chi connectivity index (χ3n) is 4.61. The molecule has 0 saturated carbocycles. The molecule has 6 heteroatoms. The van der Waals surface area contributed by atoms with Crippen molar-refractivity contribution >= 4 is 23.5 Å². The van der Waals surface area contributed by atoms with E-state index in [4.69, 9.17) is 16.3 Å². The van der Waals surface area contributed by atoms with Crippen LogP contribution in [-0.4, -0.2) is 19.4 Å². The lowest BCUT2D eigenvalue weighted by atomic mass is 10.0. The minimum absolute atomic E-state index is 0.0324. The molecule has 0 amide bonds. The topological polar surface area (TPSA) is 53.8 Å². The van der Waals surface area contributed by atoms with E-state index in [0.717, 1.165) is 24.3 Å². The van der Waals surface area contributed by atoms with Crippen molar-refractivity contribution in [3.63, 3.8) is 0 Å². The van der Waals surface area contributed by atoms with Gasteiger partial charge in [0.25, 0.3) is 0 Å². The van der Waals surface area contributed by atoms with Crippen molar-refractivity contribution in [3.05, 3.63) is 63.6 Å². The first-order valence-electron chi connectivity index (χ1n) is 8.94. The van der Waals surface area contributed by atoms with Crippen molar-refractivity contribution in [1.82, 2.24) is 0 Å². The first-order valence-corrected chi connectivity index (χ1v) is 9.32. The average Bonchev–Trinajstić information content (AvgIpc) is 2.95. The highest BCUT2D eigenvalue weighted by molar-refractivity contribution is 6.32. The molecule has 2 aromatic rings. The molecule has 27 heavy (non-hydrogen) atoms. The number of hydrogen-bond donors (Lipinski definition) is 1. The van der Waals surface area contributed by atoms with Crippen LogP contribution in [-0.2, 0) is 6.54 Å². The highest BCUT2D eigenvalue weighted by atomic mass is 35.5. The van der Waals surface area contributed by atoms with Crippen molar-refractivity contribution in [2.24, 2.45) is 0 Å². The molecule has 0 saturated heterocycles. The number of quaternary nitrogens is 1. The standard InChI is InChI=1S/C21H21ClFNO3/c1-3-4-10-24(2)12-15-18(25)9-8-13-20(26)19(27-21(13)15)11-14-16(22)6-5-7-17(14)23/h5-9,11,25H,3-4,10,12H2,1-2H3/b19-11-. The fraction of sp³-hybridized carbons (Fsp3) is 0.286. The van der Waals surface area contributed by atoms with Gasteiger partial charge in [-0.1, -0.05) is 42.8 Å². The first kappa shape index (κ1) is 19.4. The van der Waals surface area contributed by atoms with Gasteiger partial charge in [0.15, 0.2) is 5.76 Å². The van der Waals surface area contributed by atoms with Crippen LogP contribution >= 0.6 is 11.6 Å². The summed E-state index contributed by atoms with van der Waals surface area (Å²) >= 11 is 6.04. The number of Topliss-reactive ketones (excluding diaryl/α,β-unsaturated/α-hetero) is 1. The number of unbranched alkanes of at least 4 members (excludes halogenated alkanes) is 1. The molecule has 1 heterocycles. The van der Waals surface area contributed by atoms with Crippen molar-refractivity contribution < 1.29 is 23.9 Å². The summed E-state index contributed by atoms with van der Waals surface area (Å²) in [6, 6.07) is 7.15.